The lowest BCUT2D eigenvalue weighted by atomic mass is 10.2. The molecule has 120 valence electrons. The van der Waals surface area contributed by atoms with Crippen molar-refractivity contribution >= 4 is 23.9 Å². The van der Waals surface area contributed by atoms with Gasteiger partial charge in [-0.1, -0.05) is 12.1 Å². The van der Waals surface area contributed by atoms with Crippen LogP contribution in [0.25, 0.3) is 0 Å². The molecule has 3 aromatic rings. The minimum atomic E-state index is -0.500. The lowest BCUT2D eigenvalue weighted by molar-refractivity contribution is 0.0954. The van der Waals surface area contributed by atoms with Crippen LogP contribution in [0.2, 0.25) is 0 Å². The Bertz CT molecular complexity index is 865. The number of pyridine rings is 1. The first kappa shape index (κ1) is 15.9. The Labute approximate surface area is 141 Å². The van der Waals surface area contributed by atoms with Gasteiger partial charge in [-0.05, 0) is 54.2 Å². The van der Waals surface area contributed by atoms with E-state index in [0.717, 1.165) is 11.1 Å². The molecule has 1 aromatic carbocycles. The molecule has 1 N–H and O–H groups in total. The zero-order valence-corrected chi connectivity index (χ0v) is 13.2. The summed E-state index contributed by atoms with van der Waals surface area (Å²) in [6.07, 6.45) is 3.08. The third-order valence-corrected chi connectivity index (χ3v) is 3.76. The molecule has 0 saturated carbocycles. The maximum absolute atomic E-state index is 13.1. The van der Waals surface area contributed by atoms with Gasteiger partial charge in [0, 0.05) is 11.8 Å². The third-order valence-electron chi connectivity index (χ3n) is 2.89. The molecular formula is C17H12FN3O2S. The molecule has 24 heavy (non-hydrogen) atoms. The van der Waals surface area contributed by atoms with E-state index in [-0.39, 0.29) is 5.56 Å². The maximum Gasteiger partial charge on any atom is 0.271 e. The van der Waals surface area contributed by atoms with Crippen molar-refractivity contribution in [3.63, 3.8) is 0 Å². The summed E-state index contributed by atoms with van der Waals surface area (Å²) in [7, 11) is 0. The second kappa shape index (κ2) is 7.56. The Morgan fingerprint density at radius 2 is 2.12 bits per heavy atom. The number of hydrazone groups is 1. The van der Waals surface area contributed by atoms with Gasteiger partial charge < -0.3 is 4.42 Å². The summed E-state index contributed by atoms with van der Waals surface area (Å²) < 4.78 is 18.6. The normalized spacial score (nSPS) is 10.9. The number of hydrogen-bond donors (Lipinski definition) is 1. The van der Waals surface area contributed by atoms with E-state index in [0.29, 0.717) is 10.9 Å². The zero-order valence-electron chi connectivity index (χ0n) is 12.3. The highest BCUT2D eigenvalue weighted by molar-refractivity contribution is 7.99. The molecule has 7 heteroatoms. The Morgan fingerprint density at radius 3 is 2.92 bits per heavy atom. The quantitative estimate of drug-likeness (QED) is 0.567. The summed E-state index contributed by atoms with van der Waals surface area (Å²) >= 11 is 1.38. The Hall–Kier alpha value is -2.93. The molecule has 0 spiro atoms. The minimum Gasteiger partial charge on any atom is -0.448 e. The minimum absolute atomic E-state index is 0.193. The Balaban J connectivity index is 1.58. The first-order chi connectivity index (χ1) is 11.7. The van der Waals surface area contributed by atoms with Crippen LogP contribution in [0.4, 0.5) is 4.39 Å². The molecule has 0 aliphatic rings. The molecule has 0 saturated heterocycles. The number of furan rings is 1. The van der Waals surface area contributed by atoms with E-state index in [1.807, 2.05) is 18.2 Å². The van der Waals surface area contributed by atoms with Crippen molar-refractivity contribution in [1.29, 1.82) is 0 Å². The average Bonchev–Trinajstić information content (AvgIpc) is 3.03. The van der Waals surface area contributed by atoms with Gasteiger partial charge in [-0.3, -0.25) is 4.79 Å². The summed E-state index contributed by atoms with van der Waals surface area (Å²) in [5.41, 5.74) is 2.51. The van der Waals surface area contributed by atoms with Crippen LogP contribution in [0.3, 0.4) is 0 Å². The number of nitrogens with zero attached hydrogens (tertiary/aromatic N) is 2. The fraction of sp³-hybridized carbons (Fsp3) is 0. The summed E-state index contributed by atoms with van der Waals surface area (Å²) in [4.78, 5) is 16.0. The predicted molar refractivity (Wildman–Crippen MR) is 88.5 cm³/mol. The van der Waals surface area contributed by atoms with E-state index in [4.69, 9.17) is 4.42 Å². The van der Waals surface area contributed by atoms with E-state index >= 15 is 0 Å². The number of benzene rings is 1. The van der Waals surface area contributed by atoms with Gasteiger partial charge in [-0.25, -0.2) is 14.8 Å². The van der Waals surface area contributed by atoms with E-state index in [2.05, 4.69) is 15.5 Å². The van der Waals surface area contributed by atoms with Gasteiger partial charge in [-0.15, -0.1) is 0 Å². The van der Waals surface area contributed by atoms with Crippen molar-refractivity contribution in [2.45, 2.75) is 10.1 Å². The number of carbonyl (C=O) groups excluding carboxylic acids is 1. The van der Waals surface area contributed by atoms with Gasteiger partial charge in [0.1, 0.15) is 16.6 Å². The highest BCUT2D eigenvalue weighted by Crippen LogP contribution is 2.26. The SMILES string of the molecule is O=C(NN=Cc1ccc(Sc2ccccn2)o1)c1cccc(F)c1. The Kier molecular flexibility index (Phi) is 5.02. The van der Waals surface area contributed by atoms with Crippen LogP contribution in [-0.4, -0.2) is 17.1 Å². The highest BCUT2D eigenvalue weighted by Gasteiger charge is 2.06. The van der Waals surface area contributed by atoms with Crippen LogP contribution in [0.15, 0.2) is 80.4 Å². The number of amides is 1. The van der Waals surface area contributed by atoms with Crippen LogP contribution < -0.4 is 5.43 Å². The largest absolute Gasteiger partial charge is 0.448 e. The van der Waals surface area contributed by atoms with Crippen LogP contribution in [0, 0.1) is 5.82 Å². The molecule has 0 aliphatic carbocycles. The highest BCUT2D eigenvalue weighted by atomic mass is 32.2. The fourth-order valence-electron chi connectivity index (χ4n) is 1.82. The van der Waals surface area contributed by atoms with Crippen LogP contribution in [0.1, 0.15) is 16.1 Å². The van der Waals surface area contributed by atoms with Gasteiger partial charge in [0.2, 0.25) is 0 Å². The average molecular weight is 341 g/mol. The smallest absolute Gasteiger partial charge is 0.271 e. The molecule has 0 aliphatic heterocycles. The molecule has 0 unspecified atom stereocenters. The zero-order chi connectivity index (χ0) is 16.8. The van der Waals surface area contributed by atoms with E-state index < -0.39 is 11.7 Å². The lowest BCUT2D eigenvalue weighted by Crippen LogP contribution is -2.17. The topological polar surface area (TPSA) is 67.5 Å². The van der Waals surface area contributed by atoms with Crippen molar-refractivity contribution in [3.8, 4) is 0 Å². The van der Waals surface area contributed by atoms with Gasteiger partial charge >= 0.3 is 0 Å². The molecule has 3 rings (SSSR count). The van der Waals surface area contributed by atoms with E-state index in [1.165, 1.54) is 36.2 Å². The number of halogens is 1. The number of rotatable bonds is 5. The molecule has 0 radical (unpaired) electrons. The van der Waals surface area contributed by atoms with Gasteiger partial charge in [0.05, 0.1) is 6.21 Å². The van der Waals surface area contributed by atoms with Crippen LogP contribution in [0.5, 0.6) is 0 Å². The van der Waals surface area contributed by atoms with Crippen molar-refractivity contribution in [2.24, 2.45) is 5.10 Å². The second-order valence-electron chi connectivity index (χ2n) is 4.64. The monoisotopic (exact) mass is 341 g/mol. The molecular weight excluding hydrogens is 329 g/mol. The van der Waals surface area contributed by atoms with Crippen molar-refractivity contribution in [3.05, 3.63) is 77.9 Å². The summed E-state index contributed by atoms with van der Waals surface area (Å²) in [5, 5.41) is 5.28. The molecule has 0 atom stereocenters. The first-order valence-corrected chi connectivity index (χ1v) is 7.80. The molecule has 1 amide bonds. The van der Waals surface area contributed by atoms with Crippen LogP contribution >= 0.6 is 11.8 Å². The molecule has 2 heterocycles. The number of nitrogens with one attached hydrogen (secondary N) is 1. The summed E-state index contributed by atoms with van der Waals surface area (Å²) in [6, 6.07) is 14.5. The van der Waals surface area contributed by atoms with Crippen molar-refractivity contribution in [1.82, 2.24) is 10.4 Å². The molecule has 2 aromatic heterocycles. The number of hydrogen-bond acceptors (Lipinski definition) is 5. The lowest BCUT2D eigenvalue weighted by Gasteiger charge is -1.99. The summed E-state index contributed by atoms with van der Waals surface area (Å²) in [5.74, 6) is -0.498. The van der Waals surface area contributed by atoms with Gasteiger partial charge in [-0.2, -0.15) is 5.10 Å². The van der Waals surface area contributed by atoms with Gasteiger partial charge in [0.25, 0.3) is 5.91 Å². The molecule has 0 bridgehead atoms. The van der Waals surface area contributed by atoms with E-state index in [9.17, 15) is 9.18 Å². The number of carbonyl (C=O) groups is 1. The van der Waals surface area contributed by atoms with Crippen molar-refractivity contribution in [2.75, 3.05) is 0 Å². The maximum atomic E-state index is 13.1. The first-order valence-electron chi connectivity index (χ1n) is 6.98. The number of aromatic nitrogens is 1. The Morgan fingerprint density at radius 1 is 1.21 bits per heavy atom. The van der Waals surface area contributed by atoms with Crippen molar-refractivity contribution < 1.29 is 13.6 Å². The fourth-order valence-corrected chi connectivity index (χ4v) is 2.56. The summed E-state index contributed by atoms with van der Waals surface area (Å²) in [6.45, 7) is 0. The molecule has 5 nitrogen and oxygen atoms in total. The van der Waals surface area contributed by atoms with E-state index in [1.54, 1.807) is 18.3 Å². The predicted octanol–water partition coefficient (Wildman–Crippen LogP) is 3.73. The van der Waals surface area contributed by atoms with Crippen LogP contribution in [-0.2, 0) is 0 Å². The standard InChI is InChI=1S/C17H12FN3O2S/c18-13-5-3-4-12(10-13)17(22)21-20-11-14-7-8-16(23-14)24-15-6-1-2-9-19-15/h1-11H,(H,21,22). The molecule has 0 fully saturated rings. The second-order valence-corrected chi connectivity index (χ2v) is 5.66. The van der Waals surface area contributed by atoms with Gasteiger partial charge in [0.15, 0.2) is 5.09 Å². The third kappa shape index (κ3) is 4.30.